The fourth-order valence-electron chi connectivity index (χ4n) is 1.01. The quantitative estimate of drug-likeness (QED) is 0.777. The second-order valence-electron chi connectivity index (χ2n) is 2.36. The molecule has 0 radical (unpaired) electrons. The lowest BCUT2D eigenvalue weighted by atomic mass is 10.1. The predicted octanol–water partition coefficient (Wildman–Crippen LogP) is 2.35. The van der Waals surface area contributed by atoms with E-state index >= 15 is 0 Å². The minimum Gasteiger partial charge on any atom is -0.392 e. The molecule has 2 heteroatoms. The van der Waals surface area contributed by atoms with Crippen molar-refractivity contribution in [1.29, 1.82) is 0 Å². The van der Waals surface area contributed by atoms with Crippen LogP contribution in [0.4, 0.5) is 0 Å². The Hall–Kier alpha value is -0.860. The molecule has 0 aliphatic carbocycles. The monoisotopic (exact) mass is 182 g/mol. The summed E-state index contributed by atoms with van der Waals surface area (Å²) >= 11 is 0. The second-order valence-corrected chi connectivity index (χ2v) is 2.36. The summed E-state index contributed by atoms with van der Waals surface area (Å²) in [5, 5.41) is 8.89. The maximum absolute atomic E-state index is 8.89. The normalized spacial score (nSPS) is 8.92. The average Bonchev–Trinajstić information content (AvgIpc) is 2.22. The Bertz CT molecular complexity index is 221. The third kappa shape index (κ3) is 4.06. The molecular formula is C11H18O2. The van der Waals surface area contributed by atoms with Gasteiger partial charge in [0.1, 0.15) is 0 Å². The van der Waals surface area contributed by atoms with E-state index < -0.39 is 0 Å². The van der Waals surface area contributed by atoms with Crippen molar-refractivity contribution >= 4 is 0 Å². The second kappa shape index (κ2) is 7.77. The first-order valence-corrected chi connectivity index (χ1v) is 4.55. The maximum Gasteiger partial charge on any atom is 0.0716 e. The van der Waals surface area contributed by atoms with Gasteiger partial charge in [0.05, 0.1) is 13.2 Å². The lowest BCUT2D eigenvalue weighted by molar-refractivity contribution is 0.181. The van der Waals surface area contributed by atoms with Crippen molar-refractivity contribution in [1.82, 2.24) is 0 Å². The molecule has 0 heterocycles. The van der Waals surface area contributed by atoms with Crippen LogP contribution in [0.2, 0.25) is 0 Å². The Morgan fingerprint density at radius 3 is 2.15 bits per heavy atom. The van der Waals surface area contributed by atoms with Gasteiger partial charge < -0.3 is 9.84 Å². The number of hydrogen-bond donors (Lipinski definition) is 1. The van der Waals surface area contributed by atoms with Gasteiger partial charge in [0.25, 0.3) is 0 Å². The number of methoxy groups -OCH3 is 1. The zero-order valence-corrected chi connectivity index (χ0v) is 8.58. The molecule has 0 saturated heterocycles. The summed E-state index contributed by atoms with van der Waals surface area (Å²) in [5.74, 6) is 0. The van der Waals surface area contributed by atoms with Gasteiger partial charge in [0.2, 0.25) is 0 Å². The van der Waals surface area contributed by atoms with Gasteiger partial charge in [-0.1, -0.05) is 38.1 Å². The highest BCUT2D eigenvalue weighted by Gasteiger charge is 1.97. The molecule has 0 atom stereocenters. The minimum atomic E-state index is 0.0829. The molecule has 2 nitrogen and oxygen atoms in total. The molecule has 0 aliphatic rings. The van der Waals surface area contributed by atoms with Crippen LogP contribution in [-0.4, -0.2) is 12.2 Å². The molecule has 13 heavy (non-hydrogen) atoms. The Labute approximate surface area is 80.2 Å². The summed E-state index contributed by atoms with van der Waals surface area (Å²) in [6.45, 7) is 4.65. The van der Waals surface area contributed by atoms with Crippen LogP contribution in [0.3, 0.4) is 0 Å². The molecule has 0 aromatic heterocycles. The van der Waals surface area contributed by atoms with Crippen LogP contribution in [0.25, 0.3) is 0 Å². The van der Waals surface area contributed by atoms with E-state index in [9.17, 15) is 0 Å². The molecule has 0 amide bonds. The summed E-state index contributed by atoms with van der Waals surface area (Å²) in [7, 11) is 1.65. The third-order valence-electron chi connectivity index (χ3n) is 1.59. The Morgan fingerprint density at radius 2 is 1.69 bits per heavy atom. The van der Waals surface area contributed by atoms with Gasteiger partial charge in [-0.3, -0.25) is 0 Å². The Balaban J connectivity index is 0.000000671. The van der Waals surface area contributed by atoms with Crippen LogP contribution in [0.1, 0.15) is 25.0 Å². The summed E-state index contributed by atoms with van der Waals surface area (Å²) in [6, 6.07) is 7.70. The van der Waals surface area contributed by atoms with Crippen molar-refractivity contribution in [2.24, 2.45) is 0 Å². The van der Waals surface area contributed by atoms with Crippen LogP contribution in [-0.2, 0) is 18.0 Å². The first kappa shape index (κ1) is 12.1. The van der Waals surface area contributed by atoms with Crippen LogP contribution in [0, 0.1) is 0 Å². The highest BCUT2D eigenvalue weighted by molar-refractivity contribution is 5.25. The largest absolute Gasteiger partial charge is 0.392 e. The van der Waals surface area contributed by atoms with E-state index in [4.69, 9.17) is 9.84 Å². The van der Waals surface area contributed by atoms with Crippen molar-refractivity contribution in [3.8, 4) is 0 Å². The predicted molar refractivity (Wildman–Crippen MR) is 54.4 cm³/mol. The van der Waals surface area contributed by atoms with Gasteiger partial charge in [0, 0.05) is 7.11 Å². The lowest BCUT2D eigenvalue weighted by Gasteiger charge is -2.04. The molecule has 1 N–H and O–H groups in total. The van der Waals surface area contributed by atoms with E-state index in [2.05, 4.69) is 0 Å². The third-order valence-corrected chi connectivity index (χ3v) is 1.59. The Kier molecular flexibility index (Phi) is 7.26. The van der Waals surface area contributed by atoms with Crippen molar-refractivity contribution in [2.75, 3.05) is 7.11 Å². The molecule has 74 valence electrons. The molecular weight excluding hydrogens is 164 g/mol. The van der Waals surface area contributed by atoms with Gasteiger partial charge in [-0.05, 0) is 11.1 Å². The molecule has 0 spiro atoms. The fourth-order valence-corrected chi connectivity index (χ4v) is 1.01. The van der Waals surface area contributed by atoms with Crippen molar-refractivity contribution in [2.45, 2.75) is 27.1 Å². The molecule has 1 aromatic carbocycles. The number of aliphatic hydroxyl groups is 1. The molecule has 0 unspecified atom stereocenters. The maximum atomic E-state index is 8.89. The highest BCUT2D eigenvalue weighted by Crippen LogP contribution is 2.08. The zero-order valence-electron chi connectivity index (χ0n) is 8.58. The molecule has 0 fully saturated rings. The standard InChI is InChI=1S/C9H12O2.C2H6/c1-11-7-9-5-3-2-4-8(9)6-10;1-2/h2-5,10H,6-7H2,1H3;1-2H3. The number of benzene rings is 1. The fraction of sp³-hybridized carbons (Fsp3) is 0.455. The van der Waals surface area contributed by atoms with E-state index in [1.807, 2.05) is 38.1 Å². The van der Waals surface area contributed by atoms with Crippen LogP contribution >= 0.6 is 0 Å². The van der Waals surface area contributed by atoms with Gasteiger partial charge in [-0.15, -0.1) is 0 Å². The van der Waals surface area contributed by atoms with Gasteiger partial charge in [-0.25, -0.2) is 0 Å². The van der Waals surface area contributed by atoms with Crippen LogP contribution < -0.4 is 0 Å². The first-order chi connectivity index (χ1) is 6.38. The van der Waals surface area contributed by atoms with Crippen LogP contribution in [0.15, 0.2) is 24.3 Å². The first-order valence-electron chi connectivity index (χ1n) is 4.55. The number of rotatable bonds is 3. The van der Waals surface area contributed by atoms with Crippen LogP contribution in [0.5, 0.6) is 0 Å². The van der Waals surface area contributed by atoms with Gasteiger partial charge >= 0.3 is 0 Å². The molecule has 0 saturated carbocycles. The topological polar surface area (TPSA) is 29.5 Å². The SMILES string of the molecule is CC.COCc1ccccc1CO. The van der Waals surface area contributed by atoms with Gasteiger partial charge in [0.15, 0.2) is 0 Å². The summed E-state index contributed by atoms with van der Waals surface area (Å²) < 4.78 is 4.96. The zero-order chi connectivity index (χ0) is 10.1. The van der Waals surface area contributed by atoms with E-state index in [1.165, 1.54) is 0 Å². The van der Waals surface area contributed by atoms with Gasteiger partial charge in [-0.2, -0.15) is 0 Å². The van der Waals surface area contributed by atoms with Crippen molar-refractivity contribution in [3.63, 3.8) is 0 Å². The van der Waals surface area contributed by atoms with Crippen molar-refractivity contribution in [3.05, 3.63) is 35.4 Å². The van der Waals surface area contributed by atoms with E-state index in [0.29, 0.717) is 6.61 Å². The lowest BCUT2D eigenvalue weighted by Crippen LogP contribution is -1.94. The van der Waals surface area contributed by atoms with E-state index in [0.717, 1.165) is 11.1 Å². The highest BCUT2D eigenvalue weighted by atomic mass is 16.5. The summed E-state index contributed by atoms with van der Waals surface area (Å²) in [6.07, 6.45) is 0. The smallest absolute Gasteiger partial charge is 0.0716 e. The van der Waals surface area contributed by atoms with Crippen molar-refractivity contribution < 1.29 is 9.84 Å². The number of aliphatic hydroxyl groups excluding tert-OH is 1. The van der Waals surface area contributed by atoms with E-state index in [1.54, 1.807) is 7.11 Å². The van der Waals surface area contributed by atoms with E-state index in [-0.39, 0.29) is 6.61 Å². The molecule has 0 bridgehead atoms. The number of ether oxygens (including phenoxy) is 1. The average molecular weight is 182 g/mol. The summed E-state index contributed by atoms with van der Waals surface area (Å²) in [4.78, 5) is 0. The number of hydrogen-bond acceptors (Lipinski definition) is 2. The minimum absolute atomic E-state index is 0.0829. The summed E-state index contributed by atoms with van der Waals surface area (Å²) in [5.41, 5.74) is 1.99. The molecule has 0 aliphatic heterocycles. The Morgan fingerprint density at radius 1 is 1.15 bits per heavy atom. The molecule has 1 aromatic rings. The molecule has 1 rings (SSSR count).